The third-order valence-electron chi connectivity index (χ3n) is 2.19. The Morgan fingerprint density at radius 1 is 1.35 bits per heavy atom. The van der Waals surface area contributed by atoms with Crippen LogP contribution in [0.3, 0.4) is 0 Å². The summed E-state index contributed by atoms with van der Waals surface area (Å²) in [6.45, 7) is 1.46. The second-order valence-electron chi connectivity index (χ2n) is 3.56. The maximum atomic E-state index is 10.8. The quantitative estimate of drug-likeness (QED) is 0.814. The number of benzene rings is 1. The standard InChI is InChI=1S/C12H11N3O2/c1-9(17)14-11-2-4-12(5-3-11)15-7-10(8-16)6-13-15/h2-8H,1H3,(H,14,17). The lowest BCUT2D eigenvalue weighted by atomic mass is 10.3. The molecule has 0 fully saturated rings. The molecule has 0 saturated heterocycles. The van der Waals surface area contributed by atoms with Gasteiger partial charge < -0.3 is 5.32 Å². The number of carbonyl (C=O) groups is 2. The van der Waals surface area contributed by atoms with Crippen LogP contribution >= 0.6 is 0 Å². The van der Waals surface area contributed by atoms with Gasteiger partial charge >= 0.3 is 0 Å². The molecule has 0 atom stereocenters. The fraction of sp³-hybridized carbons (Fsp3) is 0.0833. The van der Waals surface area contributed by atoms with Crippen molar-refractivity contribution in [2.24, 2.45) is 0 Å². The van der Waals surface area contributed by atoms with Crippen LogP contribution in [0.25, 0.3) is 5.69 Å². The Morgan fingerprint density at radius 2 is 2.06 bits per heavy atom. The zero-order chi connectivity index (χ0) is 12.3. The van der Waals surface area contributed by atoms with Gasteiger partial charge in [-0.15, -0.1) is 0 Å². The molecule has 5 heteroatoms. The van der Waals surface area contributed by atoms with Crippen LogP contribution in [0, 0.1) is 0 Å². The molecular formula is C12H11N3O2. The Hall–Kier alpha value is -2.43. The van der Waals surface area contributed by atoms with E-state index in [2.05, 4.69) is 10.4 Å². The van der Waals surface area contributed by atoms with E-state index < -0.39 is 0 Å². The molecule has 1 aromatic heterocycles. The molecule has 86 valence electrons. The zero-order valence-corrected chi connectivity index (χ0v) is 9.25. The first kappa shape index (κ1) is 11.1. The molecule has 0 saturated carbocycles. The summed E-state index contributed by atoms with van der Waals surface area (Å²) < 4.78 is 1.60. The van der Waals surface area contributed by atoms with E-state index in [1.807, 2.05) is 12.1 Å². The summed E-state index contributed by atoms with van der Waals surface area (Å²) in [5.41, 5.74) is 2.08. The smallest absolute Gasteiger partial charge is 0.221 e. The molecule has 2 aromatic rings. The van der Waals surface area contributed by atoms with Crippen LogP contribution < -0.4 is 5.32 Å². The van der Waals surface area contributed by atoms with Gasteiger partial charge in [-0.2, -0.15) is 5.10 Å². The van der Waals surface area contributed by atoms with Crippen LogP contribution in [-0.4, -0.2) is 22.0 Å². The highest BCUT2D eigenvalue weighted by Gasteiger charge is 2.00. The van der Waals surface area contributed by atoms with Gasteiger partial charge in [0.25, 0.3) is 0 Å². The molecule has 5 nitrogen and oxygen atoms in total. The summed E-state index contributed by atoms with van der Waals surface area (Å²) in [4.78, 5) is 21.4. The number of nitrogens with one attached hydrogen (secondary N) is 1. The predicted octanol–water partition coefficient (Wildman–Crippen LogP) is 1.64. The summed E-state index contributed by atoms with van der Waals surface area (Å²) in [5.74, 6) is -0.111. The Morgan fingerprint density at radius 3 is 2.59 bits per heavy atom. The second-order valence-corrected chi connectivity index (χ2v) is 3.56. The van der Waals surface area contributed by atoms with Crippen molar-refractivity contribution >= 4 is 17.9 Å². The van der Waals surface area contributed by atoms with Crippen molar-refractivity contribution < 1.29 is 9.59 Å². The predicted molar refractivity (Wildman–Crippen MR) is 63.3 cm³/mol. The van der Waals surface area contributed by atoms with Crippen molar-refractivity contribution in [2.75, 3.05) is 5.32 Å². The molecule has 0 spiro atoms. The molecule has 0 aliphatic rings. The minimum Gasteiger partial charge on any atom is -0.326 e. The van der Waals surface area contributed by atoms with E-state index in [4.69, 9.17) is 0 Å². The first-order chi connectivity index (χ1) is 8.19. The molecule has 17 heavy (non-hydrogen) atoms. The van der Waals surface area contributed by atoms with Gasteiger partial charge in [-0.1, -0.05) is 0 Å². The number of amides is 1. The molecule has 0 bridgehead atoms. The minimum atomic E-state index is -0.111. The summed E-state index contributed by atoms with van der Waals surface area (Å²) in [5, 5.41) is 6.72. The fourth-order valence-electron chi connectivity index (χ4n) is 1.44. The second kappa shape index (κ2) is 4.61. The maximum Gasteiger partial charge on any atom is 0.221 e. The van der Waals surface area contributed by atoms with Crippen LogP contribution in [0.15, 0.2) is 36.7 Å². The lowest BCUT2D eigenvalue weighted by Gasteiger charge is -2.04. The van der Waals surface area contributed by atoms with Gasteiger partial charge in [-0.25, -0.2) is 4.68 Å². The number of hydrogen-bond acceptors (Lipinski definition) is 3. The number of carbonyl (C=O) groups excluding carboxylic acids is 2. The van der Waals surface area contributed by atoms with E-state index in [1.54, 1.807) is 23.0 Å². The highest BCUT2D eigenvalue weighted by atomic mass is 16.1. The normalized spacial score (nSPS) is 9.94. The maximum absolute atomic E-state index is 10.8. The third kappa shape index (κ3) is 2.57. The fourth-order valence-corrected chi connectivity index (χ4v) is 1.44. The average Bonchev–Trinajstić information content (AvgIpc) is 2.78. The SMILES string of the molecule is CC(=O)Nc1ccc(-n2cc(C=O)cn2)cc1. The summed E-state index contributed by atoms with van der Waals surface area (Å²) in [6, 6.07) is 7.18. The topological polar surface area (TPSA) is 64.0 Å². The van der Waals surface area contributed by atoms with Gasteiger partial charge in [0.15, 0.2) is 6.29 Å². The Labute approximate surface area is 98.1 Å². The van der Waals surface area contributed by atoms with Crippen molar-refractivity contribution in [2.45, 2.75) is 6.92 Å². The largest absolute Gasteiger partial charge is 0.326 e. The van der Waals surface area contributed by atoms with Gasteiger partial charge in [0.1, 0.15) is 0 Å². The van der Waals surface area contributed by atoms with Crippen LogP contribution in [-0.2, 0) is 4.79 Å². The number of anilines is 1. The van der Waals surface area contributed by atoms with Gasteiger partial charge in [-0.05, 0) is 24.3 Å². The van der Waals surface area contributed by atoms with E-state index in [0.717, 1.165) is 17.7 Å². The molecule has 1 N–H and O–H groups in total. The van der Waals surface area contributed by atoms with Crippen molar-refractivity contribution in [3.8, 4) is 5.69 Å². The highest BCUT2D eigenvalue weighted by Crippen LogP contribution is 2.13. The van der Waals surface area contributed by atoms with Crippen LogP contribution in [0.1, 0.15) is 17.3 Å². The Balaban J connectivity index is 2.22. The molecule has 1 heterocycles. The highest BCUT2D eigenvalue weighted by molar-refractivity contribution is 5.88. The number of rotatable bonds is 3. The van der Waals surface area contributed by atoms with E-state index in [-0.39, 0.29) is 5.91 Å². The van der Waals surface area contributed by atoms with Gasteiger partial charge in [0, 0.05) is 18.8 Å². The molecule has 0 radical (unpaired) electrons. The van der Waals surface area contributed by atoms with E-state index in [1.165, 1.54) is 13.1 Å². The Kier molecular flexibility index (Phi) is 3.00. The summed E-state index contributed by atoms with van der Waals surface area (Å²) in [6.07, 6.45) is 3.88. The molecule has 0 aliphatic heterocycles. The van der Waals surface area contributed by atoms with Crippen molar-refractivity contribution in [3.63, 3.8) is 0 Å². The Bertz CT molecular complexity index is 543. The first-order valence-corrected chi connectivity index (χ1v) is 5.07. The summed E-state index contributed by atoms with van der Waals surface area (Å²) in [7, 11) is 0. The van der Waals surface area contributed by atoms with Crippen molar-refractivity contribution in [3.05, 3.63) is 42.2 Å². The zero-order valence-electron chi connectivity index (χ0n) is 9.25. The van der Waals surface area contributed by atoms with Crippen LogP contribution in [0.2, 0.25) is 0 Å². The average molecular weight is 229 g/mol. The van der Waals surface area contributed by atoms with Crippen LogP contribution in [0.5, 0.6) is 0 Å². The number of nitrogens with zero attached hydrogens (tertiary/aromatic N) is 2. The first-order valence-electron chi connectivity index (χ1n) is 5.07. The van der Waals surface area contributed by atoms with E-state index in [9.17, 15) is 9.59 Å². The molecule has 1 amide bonds. The lowest BCUT2D eigenvalue weighted by Crippen LogP contribution is -2.05. The minimum absolute atomic E-state index is 0.111. The van der Waals surface area contributed by atoms with Crippen molar-refractivity contribution in [1.29, 1.82) is 0 Å². The molecule has 2 rings (SSSR count). The van der Waals surface area contributed by atoms with Crippen LogP contribution in [0.4, 0.5) is 5.69 Å². The number of aromatic nitrogens is 2. The summed E-state index contributed by atoms with van der Waals surface area (Å²) >= 11 is 0. The van der Waals surface area contributed by atoms with Gasteiger partial charge in [-0.3, -0.25) is 9.59 Å². The third-order valence-corrected chi connectivity index (χ3v) is 2.19. The van der Waals surface area contributed by atoms with E-state index >= 15 is 0 Å². The van der Waals surface area contributed by atoms with Gasteiger partial charge in [0.2, 0.25) is 5.91 Å². The number of hydrogen-bond donors (Lipinski definition) is 1. The molecule has 1 aromatic carbocycles. The van der Waals surface area contributed by atoms with Gasteiger partial charge in [0.05, 0.1) is 17.4 Å². The molecule has 0 unspecified atom stereocenters. The van der Waals surface area contributed by atoms with E-state index in [0.29, 0.717) is 5.56 Å². The number of aldehydes is 1. The molecule has 0 aliphatic carbocycles. The lowest BCUT2D eigenvalue weighted by molar-refractivity contribution is -0.114. The van der Waals surface area contributed by atoms with Crippen molar-refractivity contribution in [1.82, 2.24) is 9.78 Å². The monoisotopic (exact) mass is 229 g/mol. The molecular weight excluding hydrogens is 218 g/mol.